The molecular weight excluding hydrogens is 420 g/mol. The van der Waals surface area contributed by atoms with E-state index in [2.05, 4.69) is 79.8 Å². The van der Waals surface area contributed by atoms with E-state index >= 15 is 0 Å². The Morgan fingerprint density at radius 2 is 1.76 bits per heavy atom. The van der Waals surface area contributed by atoms with Crippen molar-refractivity contribution < 1.29 is 9.84 Å². The van der Waals surface area contributed by atoms with E-state index in [0.29, 0.717) is 17.7 Å². The third-order valence-electron chi connectivity index (χ3n) is 6.93. The largest absolute Gasteiger partial charge is 0.508 e. The second-order valence-corrected chi connectivity index (χ2v) is 9.97. The monoisotopic (exact) mass is 458 g/mol. The summed E-state index contributed by atoms with van der Waals surface area (Å²) in [6, 6.07) is 21.6. The van der Waals surface area contributed by atoms with Gasteiger partial charge in [-0.15, -0.1) is 0 Å². The predicted octanol–water partition coefficient (Wildman–Crippen LogP) is 5.82. The van der Waals surface area contributed by atoms with Crippen LogP contribution in [0.5, 0.6) is 11.5 Å². The van der Waals surface area contributed by atoms with Crippen LogP contribution in [0.25, 0.3) is 0 Å². The summed E-state index contributed by atoms with van der Waals surface area (Å²) in [5, 5.41) is 13.6. The molecule has 1 aliphatic rings. The molecule has 4 nitrogen and oxygen atoms in total. The van der Waals surface area contributed by atoms with Crippen molar-refractivity contribution in [2.75, 3.05) is 33.1 Å². The summed E-state index contributed by atoms with van der Waals surface area (Å²) in [4.78, 5) is 2.22. The Balaban J connectivity index is 1.46. The van der Waals surface area contributed by atoms with Crippen LogP contribution in [-0.4, -0.2) is 43.8 Å². The highest BCUT2D eigenvalue weighted by molar-refractivity contribution is 5.58. The summed E-state index contributed by atoms with van der Waals surface area (Å²) in [7, 11) is 5.96. The van der Waals surface area contributed by atoms with Crippen LogP contribution in [0.4, 0.5) is 5.69 Å². The topological polar surface area (TPSA) is 44.7 Å². The molecule has 0 saturated heterocycles. The average molecular weight is 459 g/mol. The maximum absolute atomic E-state index is 9.83. The van der Waals surface area contributed by atoms with Crippen molar-refractivity contribution in [1.82, 2.24) is 4.90 Å². The molecule has 4 rings (SSSR count). The van der Waals surface area contributed by atoms with Crippen LogP contribution in [0.2, 0.25) is 0 Å². The van der Waals surface area contributed by atoms with Crippen molar-refractivity contribution in [3.8, 4) is 11.5 Å². The molecule has 2 N–H and O–H groups in total. The number of likely N-dealkylation sites (N-methyl/N-ethyl adjacent to an activating group) is 1. The van der Waals surface area contributed by atoms with Crippen molar-refractivity contribution in [2.24, 2.45) is 0 Å². The molecule has 1 aliphatic carbocycles. The lowest BCUT2D eigenvalue weighted by molar-refractivity contribution is 0.413. The molecule has 0 aliphatic heterocycles. The van der Waals surface area contributed by atoms with Gasteiger partial charge >= 0.3 is 0 Å². The van der Waals surface area contributed by atoms with E-state index in [9.17, 15) is 5.11 Å². The number of aromatic hydroxyl groups is 1. The fourth-order valence-electron chi connectivity index (χ4n) is 5.02. The number of phenols is 1. The van der Waals surface area contributed by atoms with Gasteiger partial charge in [-0.25, -0.2) is 0 Å². The minimum atomic E-state index is 0.298. The zero-order chi connectivity index (χ0) is 24.1. The first-order valence-corrected chi connectivity index (χ1v) is 12.4. The Bertz CT molecular complexity index is 1090. The number of ether oxygens (including phenoxy) is 1. The highest BCUT2D eigenvalue weighted by Crippen LogP contribution is 2.38. The molecule has 2 unspecified atom stereocenters. The Morgan fingerprint density at radius 1 is 1.00 bits per heavy atom. The standard InChI is InChI=1S/C30H38N2O2/c1-21(17-23-7-5-22(6-8-23)15-16-32(2)3)31-30-20-28(34-4)13-14-29(30)26-10-9-25-19-27(33)12-11-24(25)18-26/h5-8,11-14,19-21,26,31,33H,9-10,15-18H2,1-4H3. The number of rotatable bonds is 9. The van der Waals surface area contributed by atoms with Crippen LogP contribution in [0.15, 0.2) is 60.7 Å². The number of hydrogen-bond acceptors (Lipinski definition) is 4. The summed E-state index contributed by atoms with van der Waals surface area (Å²) in [6.07, 6.45) is 5.13. The highest BCUT2D eigenvalue weighted by atomic mass is 16.5. The fraction of sp³-hybridized carbons (Fsp3) is 0.400. The SMILES string of the molecule is COc1ccc(C2CCc3cc(O)ccc3C2)c(NC(C)Cc2ccc(CCN(C)C)cc2)c1. The minimum Gasteiger partial charge on any atom is -0.508 e. The van der Waals surface area contributed by atoms with Gasteiger partial charge in [-0.2, -0.15) is 0 Å². The third kappa shape index (κ3) is 6.12. The first kappa shape index (κ1) is 24.2. The van der Waals surface area contributed by atoms with Crippen molar-refractivity contribution in [2.45, 2.75) is 51.0 Å². The average Bonchev–Trinajstić information content (AvgIpc) is 2.83. The number of nitrogens with zero attached hydrogens (tertiary/aromatic N) is 1. The van der Waals surface area contributed by atoms with Crippen molar-refractivity contribution >= 4 is 5.69 Å². The summed E-state index contributed by atoms with van der Waals surface area (Å²) in [5.41, 5.74) is 7.88. The Labute approximate surface area is 204 Å². The molecule has 3 aromatic carbocycles. The first-order chi connectivity index (χ1) is 16.4. The van der Waals surface area contributed by atoms with E-state index in [0.717, 1.165) is 44.4 Å². The van der Waals surface area contributed by atoms with Gasteiger partial charge in [-0.3, -0.25) is 0 Å². The summed E-state index contributed by atoms with van der Waals surface area (Å²) < 4.78 is 5.55. The number of benzene rings is 3. The Kier molecular flexibility index (Phi) is 7.79. The van der Waals surface area contributed by atoms with E-state index in [1.807, 2.05) is 12.1 Å². The second-order valence-electron chi connectivity index (χ2n) is 9.97. The molecular formula is C30H38N2O2. The van der Waals surface area contributed by atoms with Crippen LogP contribution in [0.1, 0.15) is 47.1 Å². The maximum atomic E-state index is 9.83. The van der Waals surface area contributed by atoms with Crippen LogP contribution in [-0.2, 0) is 25.7 Å². The lowest BCUT2D eigenvalue weighted by Gasteiger charge is -2.28. The third-order valence-corrected chi connectivity index (χ3v) is 6.93. The molecule has 0 amide bonds. The van der Waals surface area contributed by atoms with E-state index in [1.54, 1.807) is 7.11 Å². The Hall–Kier alpha value is -2.98. The number of fused-ring (bicyclic) bond motifs is 1. The van der Waals surface area contributed by atoms with Gasteiger partial charge in [-0.05, 0) is 105 Å². The number of phenolic OH excluding ortho intramolecular Hbond substituents is 1. The molecule has 3 aromatic rings. The van der Waals surface area contributed by atoms with Crippen molar-refractivity contribution in [3.05, 3.63) is 88.5 Å². The van der Waals surface area contributed by atoms with E-state index in [1.165, 1.54) is 33.5 Å². The van der Waals surface area contributed by atoms with Gasteiger partial charge in [0.2, 0.25) is 0 Å². The number of anilines is 1. The molecule has 0 aromatic heterocycles. The van der Waals surface area contributed by atoms with Gasteiger partial charge in [0.1, 0.15) is 11.5 Å². The van der Waals surface area contributed by atoms with Gasteiger partial charge in [0.15, 0.2) is 0 Å². The van der Waals surface area contributed by atoms with Crippen LogP contribution in [0.3, 0.4) is 0 Å². The van der Waals surface area contributed by atoms with Gasteiger partial charge in [0.25, 0.3) is 0 Å². The molecule has 0 fully saturated rings. The molecule has 0 spiro atoms. The Morgan fingerprint density at radius 3 is 2.50 bits per heavy atom. The summed E-state index contributed by atoms with van der Waals surface area (Å²) in [5.74, 6) is 1.70. The molecule has 0 bridgehead atoms. The molecule has 180 valence electrons. The molecule has 34 heavy (non-hydrogen) atoms. The molecule has 0 radical (unpaired) electrons. The van der Waals surface area contributed by atoms with Gasteiger partial charge in [0, 0.05) is 24.3 Å². The summed E-state index contributed by atoms with van der Waals surface area (Å²) in [6.45, 7) is 3.32. The lowest BCUT2D eigenvalue weighted by atomic mass is 9.79. The normalized spacial score (nSPS) is 16.2. The molecule has 0 saturated carbocycles. The van der Waals surface area contributed by atoms with E-state index < -0.39 is 0 Å². The van der Waals surface area contributed by atoms with E-state index in [-0.39, 0.29) is 0 Å². The van der Waals surface area contributed by atoms with Gasteiger partial charge < -0.3 is 20.1 Å². The molecule has 4 heteroatoms. The number of methoxy groups -OCH3 is 1. The van der Waals surface area contributed by atoms with E-state index in [4.69, 9.17) is 4.74 Å². The zero-order valence-electron chi connectivity index (χ0n) is 21.0. The number of nitrogens with one attached hydrogen (secondary N) is 1. The first-order valence-electron chi connectivity index (χ1n) is 12.4. The van der Waals surface area contributed by atoms with Crippen LogP contribution >= 0.6 is 0 Å². The second kappa shape index (κ2) is 11.0. The number of hydrogen-bond donors (Lipinski definition) is 2. The fourth-order valence-corrected chi connectivity index (χ4v) is 5.02. The van der Waals surface area contributed by atoms with Gasteiger partial charge in [0.05, 0.1) is 7.11 Å². The minimum absolute atomic E-state index is 0.298. The van der Waals surface area contributed by atoms with Gasteiger partial charge in [-0.1, -0.05) is 36.4 Å². The van der Waals surface area contributed by atoms with Crippen molar-refractivity contribution in [1.29, 1.82) is 0 Å². The maximum Gasteiger partial charge on any atom is 0.120 e. The van der Waals surface area contributed by atoms with Crippen LogP contribution < -0.4 is 10.1 Å². The lowest BCUT2D eigenvalue weighted by Crippen LogP contribution is -2.21. The highest BCUT2D eigenvalue weighted by Gasteiger charge is 2.23. The number of aryl methyl sites for hydroxylation is 1. The smallest absolute Gasteiger partial charge is 0.120 e. The molecule has 0 heterocycles. The van der Waals surface area contributed by atoms with Crippen molar-refractivity contribution in [3.63, 3.8) is 0 Å². The predicted molar refractivity (Wildman–Crippen MR) is 141 cm³/mol. The van der Waals surface area contributed by atoms with Crippen LogP contribution in [0, 0.1) is 0 Å². The quantitative estimate of drug-likeness (QED) is 0.424. The molecule has 2 atom stereocenters. The zero-order valence-corrected chi connectivity index (χ0v) is 21.0. The summed E-state index contributed by atoms with van der Waals surface area (Å²) >= 11 is 0.